The van der Waals surface area contributed by atoms with Gasteiger partial charge >= 0.3 is 12.0 Å². The van der Waals surface area contributed by atoms with Crippen LogP contribution in [0, 0.1) is 11.6 Å². The lowest BCUT2D eigenvalue weighted by Crippen LogP contribution is -2.35. The predicted octanol–water partition coefficient (Wildman–Crippen LogP) is 2.87. The highest BCUT2D eigenvalue weighted by Gasteiger charge is 2.18. The van der Waals surface area contributed by atoms with Crippen molar-refractivity contribution in [2.24, 2.45) is 0 Å². The molecule has 0 radical (unpaired) electrons. The first kappa shape index (κ1) is 16.4. The first-order chi connectivity index (χ1) is 9.90. The summed E-state index contributed by atoms with van der Waals surface area (Å²) >= 11 is 0. The third kappa shape index (κ3) is 4.13. The minimum atomic E-state index is -1.56. The van der Waals surface area contributed by atoms with Crippen molar-refractivity contribution >= 4 is 17.7 Å². The molecule has 0 saturated heterocycles. The summed E-state index contributed by atoms with van der Waals surface area (Å²) in [6, 6.07) is 0.451. The van der Waals surface area contributed by atoms with Gasteiger partial charge < -0.3 is 15.3 Å². The molecule has 21 heavy (non-hydrogen) atoms. The van der Waals surface area contributed by atoms with Gasteiger partial charge in [-0.15, -0.1) is 13.2 Å². The Morgan fingerprint density at radius 1 is 1.19 bits per heavy atom. The van der Waals surface area contributed by atoms with Crippen LogP contribution in [0.15, 0.2) is 37.4 Å². The molecule has 0 unspecified atom stereocenters. The van der Waals surface area contributed by atoms with E-state index in [1.165, 1.54) is 17.1 Å². The lowest BCUT2D eigenvalue weighted by Gasteiger charge is -2.20. The molecule has 7 heteroatoms. The molecular weight excluding hydrogens is 282 g/mol. The number of nitrogens with one attached hydrogen (secondary N) is 1. The molecule has 0 fully saturated rings. The largest absolute Gasteiger partial charge is 0.478 e. The van der Waals surface area contributed by atoms with E-state index in [1.54, 1.807) is 0 Å². The summed E-state index contributed by atoms with van der Waals surface area (Å²) in [4.78, 5) is 24.0. The van der Waals surface area contributed by atoms with Crippen LogP contribution in [0.5, 0.6) is 0 Å². The number of carboxylic acids is 1. The Labute approximate surface area is 120 Å². The van der Waals surface area contributed by atoms with Gasteiger partial charge in [-0.05, 0) is 6.07 Å². The Morgan fingerprint density at radius 3 is 2.24 bits per heavy atom. The van der Waals surface area contributed by atoms with E-state index in [4.69, 9.17) is 5.11 Å². The maximum atomic E-state index is 13.6. The van der Waals surface area contributed by atoms with Gasteiger partial charge in [0.25, 0.3) is 0 Å². The summed E-state index contributed by atoms with van der Waals surface area (Å²) in [5, 5.41) is 11.0. The van der Waals surface area contributed by atoms with Crippen LogP contribution in [0.4, 0.5) is 19.3 Å². The highest BCUT2D eigenvalue weighted by molar-refractivity contribution is 5.93. The fourth-order valence-corrected chi connectivity index (χ4v) is 1.55. The van der Waals surface area contributed by atoms with Gasteiger partial charge in [-0.1, -0.05) is 12.2 Å². The maximum Gasteiger partial charge on any atom is 0.338 e. The molecule has 0 bridgehead atoms. The lowest BCUT2D eigenvalue weighted by molar-refractivity contribution is 0.0691. The molecule has 0 aliphatic carbocycles. The number of aromatic carboxylic acids is 1. The van der Waals surface area contributed by atoms with E-state index in [1.807, 2.05) is 0 Å². The molecule has 0 saturated carbocycles. The van der Waals surface area contributed by atoms with Gasteiger partial charge in [-0.25, -0.2) is 18.4 Å². The minimum Gasteiger partial charge on any atom is -0.478 e. The first-order valence-electron chi connectivity index (χ1n) is 5.90. The number of nitrogens with zero attached hydrogens (tertiary/aromatic N) is 1. The number of urea groups is 1. The Morgan fingerprint density at radius 2 is 1.76 bits per heavy atom. The monoisotopic (exact) mass is 296 g/mol. The van der Waals surface area contributed by atoms with Gasteiger partial charge in [0.1, 0.15) is 11.6 Å². The number of rotatable bonds is 6. The van der Waals surface area contributed by atoms with Gasteiger partial charge in [0.15, 0.2) is 0 Å². The number of hydrogen-bond donors (Lipinski definition) is 2. The first-order valence-corrected chi connectivity index (χ1v) is 5.90. The predicted molar refractivity (Wildman–Crippen MR) is 74.3 cm³/mol. The van der Waals surface area contributed by atoms with Crippen LogP contribution < -0.4 is 5.32 Å². The Bertz CT molecular complexity index is 578. The highest BCUT2D eigenvalue weighted by Crippen LogP contribution is 2.20. The van der Waals surface area contributed by atoms with E-state index in [0.717, 1.165) is 6.07 Å². The normalized spacial score (nSPS) is 9.81. The van der Waals surface area contributed by atoms with E-state index >= 15 is 0 Å². The van der Waals surface area contributed by atoms with E-state index in [-0.39, 0.29) is 13.1 Å². The average molecular weight is 296 g/mol. The van der Waals surface area contributed by atoms with Crippen molar-refractivity contribution in [2.45, 2.75) is 0 Å². The summed E-state index contributed by atoms with van der Waals surface area (Å²) < 4.78 is 26.8. The number of anilines is 1. The third-order valence-corrected chi connectivity index (χ3v) is 2.51. The second-order valence-electron chi connectivity index (χ2n) is 4.03. The Hall–Kier alpha value is -2.70. The molecule has 0 heterocycles. The zero-order chi connectivity index (χ0) is 16.0. The zero-order valence-corrected chi connectivity index (χ0v) is 11.1. The number of carbonyl (C=O) groups excluding carboxylic acids is 1. The number of carboxylic acid groups (broad SMARTS) is 1. The molecule has 1 rings (SSSR count). The van der Waals surface area contributed by atoms with Gasteiger partial charge in [-0.3, -0.25) is 0 Å². The average Bonchev–Trinajstić information content (AvgIpc) is 2.41. The van der Waals surface area contributed by atoms with E-state index in [9.17, 15) is 18.4 Å². The Kier molecular flexibility index (Phi) is 5.59. The van der Waals surface area contributed by atoms with Crippen molar-refractivity contribution in [1.29, 1.82) is 0 Å². The van der Waals surface area contributed by atoms with E-state index < -0.39 is 34.9 Å². The van der Waals surface area contributed by atoms with Crippen LogP contribution in [0.3, 0.4) is 0 Å². The molecule has 1 aromatic carbocycles. The van der Waals surface area contributed by atoms with Crippen molar-refractivity contribution in [3.05, 3.63) is 54.6 Å². The molecule has 0 aliphatic heterocycles. The lowest BCUT2D eigenvalue weighted by atomic mass is 10.2. The summed E-state index contributed by atoms with van der Waals surface area (Å²) in [6.07, 6.45) is 2.93. The van der Waals surface area contributed by atoms with Crippen molar-refractivity contribution in [2.75, 3.05) is 18.4 Å². The van der Waals surface area contributed by atoms with Gasteiger partial charge in [0, 0.05) is 19.2 Å². The SMILES string of the molecule is C=CCN(CC=C)C(=O)Nc1cc(C(=O)O)c(F)cc1F. The molecule has 112 valence electrons. The minimum absolute atomic E-state index is 0.187. The van der Waals surface area contributed by atoms with Gasteiger partial charge in [-0.2, -0.15) is 0 Å². The number of amides is 2. The van der Waals surface area contributed by atoms with Gasteiger partial charge in [0.05, 0.1) is 11.3 Å². The highest BCUT2D eigenvalue weighted by atomic mass is 19.1. The van der Waals surface area contributed by atoms with Crippen LogP contribution in [-0.4, -0.2) is 35.1 Å². The molecule has 0 atom stereocenters. The van der Waals surface area contributed by atoms with Crippen LogP contribution >= 0.6 is 0 Å². The van der Waals surface area contributed by atoms with Crippen molar-refractivity contribution < 1.29 is 23.5 Å². The quantitative estimate of drug-likeness (QED) is 0.793. The molecule has 0 spiro atoms. The molecule has 2 amide bonds. The molecule has 0 aliphatic rings. The standard InChI is InChI=1S/C14H14F2N2O3/c1-3-5-18(6-4-2)14(21)17-12-7-9(13(19)20)10(15)8-11(12)16/h3-4,7-8H,1-2,5-6H2,(H,17,21)(H,19,20). The smallest absolute Gasteiger partial charge is 0.338 e. The molecule has 2 N–H and O–H groups in total. The summed E-state index contributed by atoms with van der Waals surface area (Å²) in [6.45, 7) is 7.34. The second-order valence-corrected chi connectivity index (χ2v) is 4.03. The summed E-state index contributed by atoms with van der Waals surface area (Å²) in [5.41, 5.74) is -1.15. The molecule has 5 nitrogen and oxygen atoms in total. The summed E-state index contributed by atoms with van der Waals surface area (Å²) in [7, 11) is 0. The van der Waals surface area contributed by atoms with Crippen LogP contribution in [0.1, 0.15) is 10.4 Å². The van der Waals surface area contributed by atoms with Crippen molar-refractivity contribution in [3.63, 3.8) is 0 Å². The molecular formula is C14H14F2N2O3. The Balaban J connectivity index is 3.03. The van der Waals surface area contributed by atoms with Crippen molar-refractivity contribution in [1.82, 2.24) is 4.90 Å². The number of benzene rings is 1. The van der Waals surface area contributed by atoms with Crippen LogP contribution in [0.2, 0.25) is 0 Å². The fourth-order valence-electron chi connectivity index (χ4n) is 1.55. The molecule has 1 aromatic rings. The topological polar surface area (TPSA) is 69.6 Å². The number of hydrogen-bond acceptors (Lipinski definition) is 2. The zero-order valence-electron chi connectivity index (χ0n) is 11.1. The van der Waals surface area contributed by atoms with E-state index in [0.29, 0.717) is 6.07 Å². The summed E-state index contributed by atoms with van der Waals surface area (Å²) in [5.74, 6) is -3.84. The maximum absolute atomic E-state index is 13.6. The molecule has 0 aromatic heterocycles. The fraction of sp³-hybridized carbons (Fsp3) is 0.143. The van der Waals surface area contributed by atoms with Gasteiger partial charge in [0.2, 0.25) is 0 Å². The van der Waals surface area contributed by atoms with Crippen LogP contribution in [0.25, 0.3) is 0 Å². The third-order valence-electron chi connectivity index (χ3n) is 2.51. The van der Waals surface area contributed by atoms with Crippen LogP contribution in [-0.2, 0) is 0 Å². The second kappa shape index (κ2) is 7.18. The number of carbonyl (C=O) groups is 2. The van der Waals surface area contributed by atoms with Crippen molar-refractivity contribution in [3.8, 4) is 0 Å². The number of halogens is 2. The van der Waals surface area contributed by atoms with E-state index in [2.05, 4.69) is 18.5 Å².